The molecule has 1 aromatic carbocycles. The molecule has 1 atom stereocenters. The Balaban J connectivity index is 2.04. The number of rotatable bonds is 5. The second kappa shape index (κ2) is 6.23. The van der Waals surface area contributed by atoms with E-state index in [2.05, 4.69) is 31.2 Å². The Labute approximate surface area is 116 Å². The molecule has 0 heterocycles. The lowest BCUT2D eigenvalue weighted by Gasteiger charge is -2.37. The number of primary amides is 1. The molecule has 2 nitrogen and oxygen atoms in total. The van der Waals surface area contributed by atoms with Crippen molar-refractivity contribution in [2.75, 3.05) is 0 Å². The van der Waals surface area contributed by atoms with Gasteiger partial charge in [-0.2, -0.15) is 0 Å². The molecular weight excluding hydrogens is 234 g/mol. The van der Waals surface area contributed by atoms with E-state index in [4.69, 9.17) is 5.73 Å². The van der Waals surface area contributed by atoms with Gasteiger partial charge in [0.05, 0.1) is 0 Å². The van der Waals surface area contributed by atoms with Crippen LogP contribution in [0.2, 0.25) is 0 Å². The molecule has 0 saturated heterocycles. The maximum atomic E-state index is 12.0. The Morgan fingerprint density at radius 3 is 2.42 bits per heavy atom. The van der Waals surface area contributed by atoms with Crippen molar-refractivity contribution in [3.63, 3.8) is 0 Å². The van der Waals surface area contributed by atoms with Gasteiger partial charge in [-0.1, -0.05) is 56.5 Å². The molecule has 19 heavy (non-hydrogen) atoms. The van der Waals surface area contributed by atoms with E-state index in [0.717, 1.165) is 25.7 Å². The number of hydrogen-bond acceptors (Lipinski definition) is 1. The van der Waals surface area contributed by atoms with Crippen molar-refractivity contribution in [3.8, 4) is 0 Å². The molecule has 104 valence electrons. The Kier molecular flexibility index (Phi) is 4.62. The highest BCUT2D eigenvalue weighted by Crippen LogP contribution is 2.41. The molecule has 2 heteroatoms. The van der Waals surface area contributed by atoms with Gasteiger partial charge < -0.3 is 5.73 Å². The zero-order chi connectivity index (χ0) is 13.7. The Bertz CT molecular complexity index is 409. The molecule has 0 spiro atoms. The van der Waals surface area contributed by atoms with Gasteiger partial charge in [-0.3, -0.25) is 4.79 Å². The molecule has 0 aromatic heterocycles. The quantitative estimate of drug-likeness (QED) is 0.861. The first-order valence-electron chi connectivity index (χ1n) is 7.47. The van der Waals surface area contributed by atoms with E-state index in [1.54, 1.807) is 0 Å². The lowest BCUT2D eigenvalue weighted by atomic mass is 9.67. The number of hydrogen-bond donors (Lipinski definition) is 1. The summed E-state index contributed by atoms with van der Waals surface area (Å²) in [5, 5.41) is 0. The van der Waals surface area contributed by atoms with Crippen molar-refractivity contribution < 1.29 is 4.79 Å². The van der Waals surface area contributed by atoms with Crippen LogP contribution >= 0.6 is 0 Å². The number of nitrogens with two attached hydrogens (primary N) is 1. The first-order valence-corrected chi connectivity index (χ1v) is 7.47. The maximum absolute atomic E-state index is 12.0. The van der Waals surface area contributed by atoms with E-state index in [1.807, 2.05) is 6.07 Å². The summed E-state index contributed by atoms with van der Waals surface area (Å²) in [6, 6.07) is 10.4. The van der Waals surface area contributed by atoms with Crippen molar-refractivity contribution in [1.82, 2.24) is 0 Å². The molecule has 2 N–H and O–H groups in total. The predicted molar refractivity (Wildman–Crippen MR) is 78.6 cm³/mol. The van der Waals surface area contributed by atoms with Gasteiger partial charge >= 0.3 is 0 Å². The average Bonchev–Trinajstić information content (AvgIpc) is 2.46. The highest BCUT2D eigenvalue weighted by molar-refractivity contribution is 5.80. The minimum Gasteiger partial charge on any atom is -0.369 e. The largest absolute Gasteiger partial charge is 0.369 e. The summed E-state index contributed by atoms with van der Waals surface area (Å²) in [4.78, 5) is 12.0. The molecule has 0 aliphatic heterocycles. The minimum absolute atomic E-state index is 0.115. The van der Waals surface area contributed by atoms with Crippen molar-refractivity contribution in [2.24, 2.45) is 17.1 Å². The van der Waals surface area contributed by atoms with E-state index in [1.165, 1.54) is 24.8 Å². The van der Waals surface area contributed by atoms with E-state index in [9.17, 15) is 4.79 Å². The predicted octanol–water partition coefficient (Wildman–Crippen LogP) is 3.69. The highest BCUT2D eigenvalue weighted by Gasteiger charge is 2.39. The summed E-state index contributed by atoms with van der Waals surface area (Å²) in [6.07, 6.45) is 7.94. The van der Waals surface area contributed by atoms with Gasteiger partial charge in [0, 0.05) is 5.41 Å². The number of carbonyl (C=O) groups is 1. The van der Waals surface area contributed by atoms with Gasteiger partial charge in [0.25, 0.3) is 0 Å². The SMILES string of the molecule is CC(CCc1ccccc1)(C(N)=O)C1CCCCC1. The third-order valence-corrected chi connectivity index (χ3v) is 4.84. The second-order valence-electron chi connectivity index (χ2n) is 6.10. The molecule has 1 saturated carbocycles. The molecule has 1 aliphatic rings. The van der Waals surface area contributed by atoms with Gasteiger partial charge in [-0.25, -0.2) is 0 Å². The smallest absolute Gasteiger partial charge is 0.223 e. The Morgan fingerprint density at radius 1 is 1.21 bits per heavy atom. The van der Waals surface area contributed by atoms with E-state index in [0.29, 0.717) is 5.92 Å². The third kappa shape index (κ3) is 3.37. The molecule has 0 radical (unpaired) electrons. The normalized spacial score (nSPS) is 19.8. The van der Waals surface area contributed by atoms with Crippen LogP contribution in [0.4, 0.5) is 0 Å². The lowest BCUT2D eigenvalue weighted by Crippen LogP contribution is -2.42. The van der Waals surface area contributed by atoms with Crippen LogP contribution < -0.4 is 5.73 Å². The standard InChI is InChI=1S/C17H25NO/c1-17(16(18)19,15-10-6-3-7-11-15)13-12-14-8-4-2-5-9-14/h2,4-5,8-9,15H,3,6-7,10-13H2,1H3,(H2,18,19). The third-order valence-electron chi connectivity index (χ3n) is 4.84. The van der Waals surface area contributed by atoms with Gasteiger partial charge in [-0.05, 0) is 37.2 Å². The molecule has 1 fully saturated rings. The zero-order valence-electron chi connectivity index (χ0n) is 11.9. The van der Waals surface area contributed by atoms with Crippen LogP contribution in [0.15, 0.2) is 30.3 Å². The fourth-order valence-corrected chi connectivity index (χ4v) is 3.32. The summed E-state index contributed by atoms with van der Waals surface area (Å²) in [5.74, 6) is 0.359. The average molecular weight is 259 g/mol. The van der Waals surface area contributed by atoms with Crippen LogP contribution in [0.1, 0.15) is 51.0 Å². The molecule has 0 bridgehead atoms. The van der Waals surface area contributed by atoms with Crippen molar-refractivity contribution in [1.29, 1.82) is 0 Å². The first-order chi connectivity index (χ1) is 9.13. The summed E-state index contributed by atoms with van der Waals surface area (Å²) >= 11 is 0. The Hall–Kier alpha value is -1.31. The summed E-state index contributed by atoms with van der Waals surface area (Å²) in [7, 11) is 0. The summed E-state index contributed by atoms with van der Waals surface area (Å²) < 4.78 is 0. The number of carbonyl (C=O) groups excluding carboxylic acids is 1. The van der Waals surface area contributed by atoms with Crippen LogP contribution in [0.5, 0.6) is 0 Å². The maximum Gasteiger partial charge on any atom is 0.223 e. The fourth-order valence-electron chi connectivity index (χ4n) is 3.32. The van der Waals surface area contributed by atoms with Gasteiger partial charge in [-0.15, -0.1) is 0 Å². The van der Waals surface area contributed by atoms with Crippen LogP contribution in [0, 0.1) is 11.3 Å². The lowest BCUT2D eigenvalue weighted by molar-refractivity contribution is -0.131. The van der Waals surface area contributed by atoms with Gasteiger partial charge in [0.15, 0.2) is 0 Å². The molecule has 1 unspecified atom stereocenters. The zero-order valence-corrected chi connectivity index (χ0v) is 11.9. The minimum atomic E-state index is -0.337. The summed E-state index contributed by atoms with van der Waals surface area (Å²) in [5.41, 5.74) is 6.69. The van der Waals surface area contributed by atoms with E-state index >= 15 is 0 Å². The van der Waals surface area contributed by atoms with Gasteiger partial charge in [0.2, 0.25) is 5.91 Å². The van der Waals surface area contributed by atoms with Crippen LogP contribution in [0.25, 0.3) is 0 Å². The van der Waals surface area contributed by atoms with E-state index in [-0.39, 0.29) is 11.3 Å². The summed E-state index contributed by atoms with van der Waals surface area (Å²) in [6.45, 7) is 2.08. The van der Waals surface area contributed by atoms with Crippen LogP contribution in [0.3, 0.4) is 0 Å². The number of benzene rings is 1. The first kappa shape index (κ1) is 14.1. The second-order valence-corrected chi connectivity index (χ2v) is 6.10. The van der Waals surface area contributed by atoms with Crippen LogP contribution in [-0.2, 0) is 11.2 Å². The topological polar surface area (TPSA) is 43.1 Å². The van der Waals surface area contributed by atoms with Crippen LogP contribution in [-0.4, -0.2) is 5.91 Å². The molecule has 2 rings (SSSR count). The molecular formula is C17H25NO. The fraction of sp³-hybridized carbons (Fsp3) is 0.588. The highest BCUT2D eigenvalue weighted by atomic mass is 16.1. The monoisotopic (exact) mass is 259 g/mol. The molecule has 1 aromatic rings. The van der Waals surface area contributed by atoms with Crippen molar-refractivity contribution >= 4 is 5.91 Å². The van der Waals surface area contributed by atoms with Gasteiger partial charge in [0.1, 0.15) is 0 Å². The Morgan fingerprint density at radius 2 is 1.84 bits per heavy atom. The van der Waals surface area contributed by atoms with Crippen molar-refractivity contribution in [2.45, 2.75) is 51.9 Å². The molecule has 1 amide bonds. The van der Waals surface area contributed by atoms with E-state index < -0.39 is 0 Å². The number of aryl methyl sites for hydroxylation is 1. The van der Waals surface area contributed by atoms with Crippen molar-refractivity contribution in [3.05, 3.63) is 35.9 Å². The number of amides is 1. The molecule has 1 aliphatic carbocycles.